The molecule has 0 aromatic heterocycles. The number of sulfone groups is 1. The van der Waals surface area contributed by atoms with E-state index in [0.29, 0.717) is 5.17 Å². The zero-order chi connectivity index (χ0) is 13.5. The van der Waals surface area contributed by atoms with E-state index < -0.39 is 9.84 Å². The number of halogens is 1. The Morgan fingerprint density at radius 1 is 1.25 bits per heavy atom. The molecule has 0 bridgehead atoms. The fourth-order valence-corrected chi connectivity index (χ4v) is 6.58. The molecular weight excluding hydrogens is 360 g/mol. The standard InChI is InChI=1S/C13H16N2O2S2.BrH/c14-13-15(7-6-10-4-2-1-3-5-10)11-8-19(16,17)9-12(11)18-13;/h1-5,11-12,14H,6-9H2;1H/t11-,12+;/m0./s1. The van der Waals surface area contributed by atoms with Crippen LogP contribution in [0.5, 0.6) is 0 Å². The van der Waals surface area contributed by atoms with E-state index in [1.807, 2.05) is 23.1 Å². The highest BCUT2D eigenvalue weighted by Crippen LogP contribution is 2.37. The topological polar surface area (TPSA) is 61.2 Å². The molecule has 110 valence electrons. The predicted octanol–water partition coefficient (Wildman–Crippen LogP) is 1.96. The number of rotatable bonds is 3. The molecule has 2 heterocycles. The van der Waals surface area contributed by atoms with Crippen molar-refractivity contribution in [1.29, 1.82) is 5.41 Å². The second-order valence-corrected chi connectivity index (χ2v) is 8.42. The molecule has 0 spiro atoms. The summed E-state index contributed by atoms with van der Waals surface area (Å²) in [7, 11) is -2.90. The summed E-state index contributed by atoms with van der Waals surface area (Å²) in [6.45, 7) is 0.729. The number of hydrogen-bond acceptors (Lipinski definition) is 4. The monoisotopic (exact) mass is 376 g/mol. The van der Waals surface area contributed by atoms with Gasteiger partial charge in [-0.15, -0.1) is 17.0 Å². The van der Waals surface area contributed by atoms with E-state index in [9.17, 15) is 8.42 Å². The first-order valence-electron chi connectivity index (χ1n) is 6.31. The molecule has 1 aromatic carbocycles. The molecule has 2 aliphatic heterocycles. The SMILES string of the molecule is Br.N=C1S[C@@H]2CS(=O)(=O)C[C@@H]2N1CCc1ccccc1. The van der Waals surface area contributed by atoms with Gasteiger partial charge in [-0.1, -0.05) is 42.1 Å². The van der Waals surface area contributed by atoms with Crippen molar-refractivity contribution in [2.24, 2.45) is 0 Å². The molecule has 0 aliphatic carbocycles. The summed E-state index contributed by atoms with van der Waals surface area (Å²) in [4.78, 5) is 1.97. The first-order chi connectivity index (χ1) is 9.05. The molecule has 2 fully saturated rings. The lowest BCUT2D eigenvalue weighted by Gasteiger charge is -2.23. The van der Waals surface area contributed by atoms with E-state index in [1.54, 1.807) is 0 Å². The van der Waals surface area contributed by atoms with Crippen molar-refractivity contribution < 1.29 is 8.42 Å². The first kappa shape index (κ1) is 15.9. The van der Waals surface area contributed by atoms with Crippen LogP contribution in [0.2, 0.25) is 0 Å². The summed E-state index contributed by atoms with van der Waals surface area (Å²) in [6.07, 6.45) is 0.854. The number of benzene rings is 1. The van der Waals surface area contributed by atoms with Gasteiger partial charge in [0.15, 0.2) is 15.0 Å². The number of nitrogens with zero attached hydrogens (tertiary/aromatic N) is 1. The van der Waals surface area contributed by atoms with E-state index in [1.165, 1.54) is 17.3 Å². The molecular formula is C13H17BrN2O2S2. The molecule has 2 saturated heterocycles. The Morgan fingerprint density at radius 3 is 2.65 bits per heavy atom. The molecule has 0 saturated carbocycles. The quantitative estimate of drug-likeness (QED) is 0.875. The van der Waals surface area contributed by atoms with E-state index >= 15 is 0 Å². The predicted molar refractivity (Wildman–Crippen MR) is 88.7 cm³/mol. The van der Waals surface area contributed by atoms with Crippen LogP contribution in [0.4, 0.5) is 0 Å². The van der Waals surface area contributed by atoms with E-state index in [-0.39, 0.29) is 39.8 Å². The number of thioether (sulfide) groups is 1. The zero-order valence-corrected chi connectivity index (χ0v) is 14.2. The zero-order valence-electron chi connectivity index (χ0n) is 10.9. The third kappa shape index (κ3) is 3.20. The average Bonchev–Trinajstić information content (AvgIpc) is 2.79. The Kier molecular flexibility index (Phi) is 4.81. The van der Waals surface area contributed by atoms with Crippen LogP contribution in [-0.4, -0.2) is 47.8 Å². The van der Waals surface area contributed by atoms with Gasteiger partial charge in [-0.25, -0.2) is 8.42 Å². The second-order valence-electron chi connectivity index (χ2n) is 5.03. The lowest BCUT2D eigenvalue weighted by Crippen LogP contribution is -2.38. The lowest BCUT2D eigenvalue weighted by atomic mass is 10.1. The minimum atomic E-state index is -2.90. The van der Waals surface area contributed by atoms with Crippen molar-refractivity contribution in [2.45, 2.75) is 17.7 Å². The molecule has 2 atom stereocenters. The summed E-state index contributed by atoms with van der Waals surface area (Å²) in [5.41, 5.74) is 1.23. The average molecular weight is 377 g/mol. The Bertz CT molecular complexity index is 592. The van der Waals surface area contributed by atoms with Crippen LogP contribution in [0.3, 0.4) is 0 Å². The smallest absolute Gasteiger partial charge is 0.157 e. The summed E-state index contributed by atoms with van der Waals surface area (Å²) in [5, 5.41) is 8.58. The second kappa shape index (κ2) is 6.07. The minimum absolute atomic E-state index is 0. The van der Waals surface area contributed by atoms with E-state index in [2.05, 4.69) is 12.1 Å². The third-order valence-electron chi connectivity index (χ3n) is 3.68. The molecule has 7 heteroatoms. The van der Waals surface area contributed by atoms with Gasteiger partial charge in [0.25, 0.3) is 0 Å². The van der Waals surface area contributed by atoms with Crippen molar-refractivity contribution in [2.75, 3.05) is 18.1 Å². The molecule has 0 unspecified atom stereocenters. The maximum absolute atomic E-state index is 11.7. The van der Waals surface area contributed by atoms with Gasteiger partial charge in [-0.3, -0.25) is 5.41 Å². The largest absolute Gasteiger partial charge is 0.346 e. The molecule has 0 amide bonds. The minimum Gasteiger partial charge on any atom is -0.346 e. The van der Waals surface area contributed by atoms with Crippen molar-refractivity contribution in [3.05, 3.63) is 35.9 Å². The van der Waals surface area contributed by atoms with Gasteiger partial charge in [-0.2, -0.15) is 0 Å². The third-order valence-corrected chi connectivity index (χ3v) is 6.85. The van der Waals surface area contributed by atoms with Crippen LogP contribution in [0.1, 0.15) is 5.56 Å². The normalized spacial score (nSPS) is 27.2. The van der Waals surface area contributed by atoms with Crippen LogP contribution >= 0.6 is 28.7 Å². The molecule has 3 rings (SSSR count). The van der Waals surface area contributed by atoms with Gasteiger partial charge in [0.05, 0.1) is 17.5 Å². The molecule has 2 aliphatic rings. The molecule has 4 nitrogen and oxygen atoms in total. The van der Waals surface area contributed by atoms with Gasteiger partial charge in [0.1, 0.15) is 0 Å². The summed E-state index contributed by atoms with van der Waals surface area (Å²) >= 11 is 1.41. The van der Waals surface area contributed by atoms with Crippen LogP contribution in [-0.2, 0) is 16.3 Å². The van der Waals surface area contributed by atoms with Gasteiger partial charge in [-0.05, 0) is 12.0 Å². The van der Waals surface area contributed by atoms with E-state index in [0.717, 1.165) is 13.0 Å². The number of amidine groups is 1. The molecule has 1 N–H and O–H groups in total. The highest BCUT2D eigenvalue weighted by atomic mass is 79.9. The number of nitrogens with one attached hydrogen (secondary N) is 1. The van der Waals surface area contributed by atoms with E-state index in [4.69, 9.17) is 5.41 Å². The Labute approximate surface area is 134 Å². The van der Waals surface area contributed by atoms with Gasteiger partial charge >= 0.3 is 0 Å². The molecule has 1 aromatic rings. The highest BCUT2D eigenvalue weighted by molar-refractivity contribution is 8.93. The van der Waals surface area contributed by atoms with Crippen molar-refractivity contribution >= 4 is 43.7 Å². The van der Waals surface area contributed by atoms with Crippen molar-refractivity contribution in [3.8, 4) is 0 Å². The Balaban J connectivity index is 0.00000147. The van der Waals surface area contributed by atoms with Gasteiger partial charge in [0, 0.05) is 11.8 Å². The highest BCUT2D eigenvalue weighted by Gasteiger charge is 2.47. The Hall–Kier alpha value is -0.530. The lowest BCUT2D eigenvalue weighted by molar-refractivity contribution is 0.359. The maximum Gasteiger partial charge on any atom is 0.157 e. The van der Waals surface area contributed by atoms with Crippen LogP contribution in [0.25, 0.3) is 0 Å². The van der Waals surface area contributed by atoms with Crippen molar-refractivity contribution in [3.63, 3.8) is 0 Å². The Morgan fingerprint density at radius 2 is 1.95 bits per heavy atom. The van der Waals surface area contributed by atoms with Gasteiger partial charge < -0.3 is 4.90 Å². The number of fused-ring (bicyclic) bond motifs is 1. The first-order valence-corrected chi connectivity index (χ1v) is 9.01. The van der Waals surface area contributed by atoms with Crippen LogP contribution in [0.15, 0.2) is 30.3 Å². The summed E-state index contributed by atoms with van der Waals surface area (Å²) < 4.78 is 23.3. The fraction of sp³-hybridized carbons (Fsp3) is 0.462. The fourth-order valence-electron chi connectivity index (χ4n) is 2.72. The molecule has 0 radical (unpaired) electrons. The van der Waals surface area contributed by atoms with Crippen LogP contribution in [0, 0.1) is 5.41 Å². The van der Waals surface area contributed by atoms with Crippen molar-refractivity contribution in [1.82, 2.24) is 4.90 Å². The van der Waals surface area contributed by atoms with Crippen LogP contribution < -0.4 is 0 Å². The molecule has 20 heavy (non-hydrogen) atoms. The van der Waals surface area contributed by atoms with Gasteiger partial charge in [0.2, 0.25) is 0 Å². The summed E-state index contributed by atoms with van der Waals surface area (Å²) in [6, 6.07) is 10.1. The number of hydrogen-bond donors (Lipinski definition) is 1. The summed E-state index contributed by atoms with van der Waals surface area (Å²) in [5.74, 6) is 0.439. The maximum atomic E-state index is 11.7.